The first-order chi connectivity index (χ1) is 13.7. The number of hydrogen-bond donors (Lipinski definition) is 0. The quantitative estimate of drug-likeness (QED) is 0.454. The van der Waals surface area contributed by atoms with E-state index in [1.165, 1.54) is 6.42 Å². The normalized spacial score (nSPS) is 41.2. The standard InChI is InChI=1S/C24H36O5/c1-5-19-7-6-8-20(19)27-22(26)16(4)28-23-10-17-9-18(11-23)13-24(12-17,14-23)29-21(25)15(2)3/h16-20H,2,5-14H2,1,3-4H3. The molecule has 4 bridgehead atoms. The Balaban J connectivity index is 1.43. The summed E-state index contributed by atoms with van der Waals surface area (Å²) in [5.74, 6) is 0.935. The topological polar surface area (TPSA) is 61.8 Å². The Morgan fingerprint density at radius 2 is 1.76 bits per heavy atom. The van der Waals surface area contributed by atoms with Crippen molar-refractivity contribution in [3.05, 3.63) is 12.2 Å². The fourth-order valence-corrected chi connectivity index (χ4v) is 6.93. The van der Waals surface area contributed by atoms with Gasteiger partial charge < -0.3 is 14.2 Å². The van der Waals surface area contributed by atoms with Crippen LogP contribution in [0.15, 0.2) is 12.2 Å². The second kappa shape index (κ2) is 7.72. The molecule has 0 amide bonds. The van der Waals surface area contributed by atoms with E-state index in [9.17, 15) is 9.59 Å². The van der Waals surface area contributed by atoms with E-state index in [4.69, 9.17) is 14.2 Å². The van der Waals surface area contributed by atoms with Crippen molar-refractivity contribution in [1.29, 1.82) is 0 Å². The predicted octanol–water partition coefficient (Wildman–Crippen LogP) is 4.72. The summed E-state index contributed by atoms with van der Waals surface area (Å²) in [6.07, 6.45) is 9.34. The van der Waals surface area contributed by atoms with Gasteiger partial charge in [0.15, 0.2) is 6.10 Å². The molecule has 5 nitrogen and oxygen atoms in total. The Bertz CT molecular complexity index is 669. The zero-order valence-corrected chi connectivity index (χ0v) is 18.2. The van der Waals surface area contributed by atoms with Crippen molar-refractivity contribution in [3.63, 3.8) is 0 Å². The Kier molecular flexibility index (Phi) is 5.56. The number of rotatable bonds is 7. The van der Waals surface area contributed by atoms with Crippen LogP contribution in [0.1, 0.15) is 85.0 Å². The van der Waals surface area contributed by atoms with Crippen LogP contribution in [0, 0.1) is 17.8 Å². The van der Waals surface area contributed by atoms with E-state index < -0.39 is 11.7 Å². The molecular formula is C24H36O5. The van der Waals surface area contributed by atoms with Crippen LogP contribution in [0.2, 0.25) is 0 Å². The molecule has 162 valence electrons. The zero-order valence-electron chi connectivity index (χ0n) is 18.2. The molecular weight excluding hydrogens is 368 g/mol. The highest BCUT2D eigenvalue weighted by Crippen LogP contribution is 2.60. The van der Waals surface area contributed by atoms with Crippen LogP contribution < -0.4 is 0 Å². The SMILES string of the molecule is C=C(C)C(=O)OC12CC3CC(C1)CC(OC(C)C(=O)OC1CCCC1CC)(C3)C2. The molecule has 0 aromatic heterocycles. The molecule has 5 fully saturated rings. The fourth-order valence-electron chi connectivity index (χ4n) is 6.93. The highest BCUT2D eigenvalue weighted by molar-refractivity contribution is 5.87. The molecule has 5 atom stereocenters. The number of hydrogen-bond acceptors (Lipinski definition) is 5. The second-order valence-electron chi connectivity index (χ2n) is 10.3. The lowest BCUT2D eigenvalue weighted by Gasteiger charge is -2.61. The minimum Gasteiger partial charge on any atom is -0.460 e. The summed E-state index contributed by atoms with van der Waals surface area (Å²) in [6, 6.07) is 0. The van der Waals surface area contributed by atoms with Gasteiger partial charge >= 0.3 is 11.9 Å². The molecule has 0 N–H and O–H groups in total. The highest BCUT2D eigenvalue weighted by Gasteiger charge is 2.61. The first kappa shape index (κ1) is 20.9. The number of carbonyl (C=O) groups is 2. The summed E-state index contributed by atoms with van der Waals surface area (Å²) < 4.78 is 18.3. The third-order valence-electron chi connectivity index (χ3n) is 7.75. The van der Waals surface area contributed by atoms with Crippen LogP contribution in [-0.4, -0.2) is 35.3 Å². The third-order valence-corrected chi connectivity index (χ3v) is 7.75. The Morgan fingerprint density at radius 1 is 1.10 bits per heavy atom. The van der Waals surface area contributed by atoms with Gasteiger partial charge in [0.25, 0.3) is 0 Å². The summed E-state index contributed by atoms with van der Waals surface area (Å²) >= 11 is 0. The molecule has 0 aliphatic heterocycles. The van der Waals surface area contributed by atoms with Crippen LogP contribution >= 0.6 is 0 Å². The van der Waals surface area contributed by atoms with Gasteiger partial charge in [-0.3, -0.25) is 0 Å². The summed E-state index contributed by atoms with van der Waals surface area (Å²) in [4.78, 5) is 25.1. The van der Waals surface area contributed by atoms with Gasteiger partial charge in [-0.2, -0.15) is 0 Å². The van der Waals surface area contributed by atoms with Crippen molar-refractivity contribution in [1.82, 2.24) is 0 Å². The van der Waals surface area contributed by atoms with E-state index in [0.29, 0.717) is 29.7 Å². The van der Waals surface area contributed by atoms with Crippen molar-refractivity contribution in [3.8, 4) is 0 Å². The first-order valence-corrected chi connectivity index (χ1v) is 11.5. The third kappa shape index (κ3) is 4.12. The van der Waals surface area contributed by atoms with Crippen LogP contribution in [0.5, 0.6) is 0 Å². The van der Waals surface area contributed by atoms with E-state index in [1.807, 2.05) is 6.92 Å². The average molecular weight is 405 g/mol. The van der Waals surface area contributed by atoms with Crippen LogP contribution in [0.3, 0.4) is 0 Å². The van der Waals surface area contributed by atoms with Crippen molar-refractivity contribution < 1.29 is 23.8 Å². The van der Waals surface area contributed by atoms with Gasteiger partial charge in [0.05, 0.1) is 5.60 Å². The lowest BCUT2D eigenvalue weighted by atomic mass is 9.52. The number of esters is 2. The van der Waals surface area contributed by atoms with Crippen LogP contribution in [0.4, 0.5) is 0 Å². The minimum absolute atomic E-state index is 0.0396. The van der Waals surface area contributed by atoms with Gasteiger partial charge in [-0.05, 0) is 89.4 Å². The number of ether oxygens (including phenoxy) is 3. The van der Waals surface area contributed by atoms with Gasteiger partial charge in [-0.1, -0.05) is 13.5 Å². The van der Waals surface area contributed by atoms with Crippen LogP contribution in [0.25, 0.3) is 0 Å². The summed E-state index contributed by atoms with van der Waals surface area (Å²) in [5, 5.41) is 0. The Labute approximate surface area is 174 Å². The molecule has 0 aromatic carbocycles. The van der Waals surface area contributed by atoms with Gasteiger partial charge in [-0.25, -0.2) is 9.59 Å². The minimum atomic E-state index is -0.585. The van der Waals surface area contributed by atoms with Crippen molar-refractivity contribution >= 4 is 11.9 Å². The molecule has 5 saturated carbocycles. The van der Waals surface area contributed by atoms with E-state index in [2.05, 4.69) is 13.5 Å². The van der Waals surface area contributed by atoms with E-state index >= 15 is 0 Å². The zero-order chi connectivity index (χ0) is 20.8. The molecule has 5 aliphatic carbocycles. The lowest BCUT2D eigenvalue weighted by Crippen LogP contribution is -2.62. The smallest absolute Gasteiger partial charge is 0.335 e. The maximum Gasteiger partial charge on any atom is 0.335 e. The fraction of sp³-hybridized carbons (Fsp3) is 0.833. The van der Waals surface area contributed by atoms with Gasteiger partial charge in [-0.15, -0.1) is 0 Å². The van der Waals surface area contributed by atoms with Crippen LogP contribution in [-0.2, 0) is 23.8 Å². The van der Waals surface area contributed by atoms with Crippen molar-refractivity contribution in [2.45, 2.75) is 108 Å². The van der Waals surface area contributed by atoms with Crippen molar-refractivity contribution in [2.24, 2.45) is 17.8 Å². The summed E-state index contributed by atoms with van der Waals surface area (Å²) in [5.41, 5.74) is -0.394. The highest BCUT2D eigenvalue weighted by atomic mass is 16.6. The maximum absolute atomic E-state index is 12.8. The van der Waals surface area contributed by atoms with Gasteiger partial charge in [0.2, 0.25) is 0 Å². The molecule has 0 radical (unpaired) electrons. The Hall–Kier alpha value is -1.36. The summed E-state index contributed by atoms with van der Waals surface area (Å²) in [6.45, 7) is 9.42. The largest absolute Gasteiger partial charge is 0.460 e. The van der Waals surface area contributed by atoms with E-state index in [-0.39, 0.29) is 23.6 Å². The lowest BCUT2D eigenvalue weighted by molar-refractivity contribution is -0.245. The Morgan fingerprint density at radius 3 is 2.38 bits per heavy atom. The molecule has 5 unspecified atom stereocenters. The molecule has 5 aliphatic rings. The summed E-state index contributed by atoms with van der Waals surface area (Å²) in [7, 11) is 0. The van der Waals surface area contributed by atoms with E-state index in [0.717, 1.165) is 51.4 Å². The molecule has 0 spiro atoms. The van der Waals surface area contributed by atoms with Gasteiger partial charge in [0.1, 0.15) is 11.7 Å². The molecule has 0 saturated heterocycles. The van der Waals surface area contributed by atoms with E-state index in [1.54, 1.807) is 6.92 Å². The van der Waals surface area contributed by atoms with Crippen molar-refractivity contribution in [2.75, 3.05) is 0 Å². The predicted molar refractivity (Wildman–Crippen MR) is 109 cm³/mol. The maximum atomic E-state index is 12.8. The molecule has 5 heteroatoms. The van der Waals surface area contributed by atoms with Gasteiger partial charge in [0, 0.05) is 12.0 Å². The monoisotopic (exact) mass is 404 g/mol. The second-order valence-corrected chi connectivity index (χ2v) is 10.3. The molecule has 29 heavy (non-hydrogen) atoms. The first-order valence-electron chi connectivity index (χ1n) is 11.5. The molecule has 5 rings (SSSR count). The molecule has 0 heterocycles. The molecule has 0 aromatic rings. The number of carbonyl (C=O) groups excluding carboxylic acids is 2. The average Bonchev–Trinajstić information content (AvgIpc) is 3.06.